The van der Waals surface area contributed by atoms with Gasteiger partial charge in [0.2, 0.25) is 0 Å². The molecule has 0 bridgehead atoms. The predicted octanol–water partition coefficient (Wildman–Crippen LogP) is 3.38. The van der Waals surface area contributed by atoms with Gasteiger partial charge >= 0.3 is 0 Å². The van der Waals surface area contributed by atoms with Gasteiger partial charge in [-0.2, -0.15) is 0 Å². The number of phenols is 1. The zero-order valence-corrected chi connectivity index (χ0v) is 8.56. The van der Waals surface area contributed by atoms with Crippen LogP contribution < -0.4 is 0 Å². The second kappa shape index (κ2) is 4.65. The number of hydrogen-bond donors (Lipinski definition) is 1. The molecule has 1 N–H and O–H groups in total. The van der Waals surface area contributed by atoms with Crippen molar-refractivity contribution in [2.45, 2.75) is 12.8 Å². The summed E-state index contributed by atoms with van der Waals surface area (Å²) in [6, 6.07) is 7.49. The standard InChI is InChI=1S/C14H14O/c15-14-10-6-5-9-13(14)11-12-7-3-1-2-4-8-12/h1-3,5-10,15H,4,11H2. The van der Waals surface area contributed by atoms with Crippen LogP contribution in [0.3, 0.4) is 0 Å². The number of benzene rings is 1. The Hall–Kier alpha value is -1.76. The molecule has 0 saturated carbocycles. The average Bonchev–Trinajstić information content (AvgIpc) is 2.50. The van der Waals surface area contributed by atoms with Crippen LogP contribution in [0.5, 0.6) is 5.75 Å². The summed E-state index contributed by atoms with van der Waals surface area (Å²) in [7, 11) is 0. The topological polar surface area (TPSA) is 20.2 Å². The molecule has 1 aromatic rings. The molecule has 15 heavy (non-hydrogen) atoms. The Morgan fingerprint density at radius 3 is 2.87 bits per heavy atom. The van der Waals surface area contributed by atoms with Crippen molar-refractivity contribution in [1.82, 2.24) is 0 Å². The van der Waals surface area contributed by atoms with E-state index >= 15 is 0 Å². The highest BCUT2D eigenvalue weighted by molar-refractivity contribution is 5.38. The van der Waals surface area contributed by atoms with Gasteiger partial charge in [-0.15, -0.1) is 0 Å². The smallest absolute Gasteiger partial charge is 0.119 e. The average molecular weight is 198 g/mol. The Balaban J connectivity index is 2.16. The van der Waals surface area contributed by atoms with E-state index in [-0.39, 0.29) is 0 Å². The van der Waals surface area contributed by atoms with Crippen molar-refractivity contribution in [1.29, 1.82) is 0 Å². The van der Waals surface area contributed by atoms with E-state index in [0.717, 1.165) is 18.4 Å². The molecule has 0 spiro atoms. The van der Waals surface area contributed by atoms with Crippen molar-refractivity contribution < 1.29 is 5.11 Å². The van der Waals surface area contributed by atoms with Crippen molar-refractivity contribution in [3.63, 3.8) is 0 Å². The summed E-state index contributed by atoms with van der Waals surface area (Å²) >= 11 is 0. The molecule has 0 saturated heterocycles. The molecule has 0 atom stereocenters. The van der Waals surface area contributed by atoms with Crippen molar-refractivity contribution in [2.75, 3.05) is 0 Å². The number of rotatable bonds is 2. The van der Waals surface area contributed by atoms with E-state index < -0.39 is 0 Å². The van der Waals surface area contributed by atoms with Crippen molar-refractivity contribution >= 4 is 0 Å². The second-order valence-corrected chi connectivity index (χ2v) is 3.61. The van der Waals surface area contributed by atoms with Gasteiger partial charge in [0.05, 0.1) is 0 Å². The van der Waals surface area contributed by atoms with Crippen LogP contribution >= 0.6 is 0 Å². The van der Waals surface area contributed by atoms with Crippen LogP contribution in [-0.4, -0.2) is 5.11 Å². The summed E-state index contributed by atoms with van der Waals surface area (Å²) < 4.78 is 0. The lowest BCUT2D eigenvalue weighted by molar-refractivity contribution is 0.469. The van der Waals surface area contributed by atoms with Crippen LogP contribution in [0.15, 0.2) is 60.2 Å². The van der Waals surface area contributed by atoms with Gasteiger partial charge in [-0.1, -0.05) is 48.6 Å². The van der Waals surface area contributed by atoms with Gasteiger partial charge in [-0.3, -0.25) is 0 Å². The third kappa shape index (κ3) is 2.59. The van der Waals surface area contributed by atoms with Gasteiger partial charge in [-0.25, -0.2) is 0 Å². The molecular formula is C14H14O. The van der Waals surface area contributed by atoms with Crippen LogP contribution in [0, 0.1) is 0 Å². The van der Waals surface area contributed by atoms with Crippen LogP contribution in [0.4, 0.5) is 0 Å². The minimum atomic E-state index is 0.379. The van der Waals surface area contributed by atoms with Crippen molar-refractivity contribution in [2.24, 2.45) is 0 Å². The highest BCUT2D eigenvalue weighted by atomic mass is 16.3. The number of allylic oxidation sites excluding steroid dienone is 6. The van der Waals surface area contributed by atoms with E-state index in [1.807, 2.05) is 30.4 Å². The summed E-state index contributed by atoms with van der Waals surface area (Å²) in [4.78, 5) is 0. The molecule has 0 aromatic heterocycles. The monoisotopic (exact) mass is 198 g/mol. The molecule has 0 unspecified atom stereocenters. The van der Waals surface area contributed by atoms with E-state index in [1.54, 1.807) is 6.07 Å². The Bertz CT molecular complexity index is 425. The predicted molar refractivity (Wildman–Crippen MR) is 62.8 cm³/mol. The fraction of sp³-hybridized carbons (Fsp3) is 0.143. The van der Waals surface area contributed by atoms with Gasteiger partial charge in [0.15, 0.2) is 0 Å². The quantitative estimate of drug-likeness (QED) is 0.772. The number of para-hydroxylation sites is 1. The third-order valence-corrected chi connectivity index (χ3v) is 2.46. The Morgan fingerprint density at radius 1 is 1.13 bits per heavy atom. The molecule has 1 aliphatic carbocycles. The molecule has 0 heterocycles. The number of hydrogen-bond acceptors (Lipinski definition) is 1. The molecule has 2 rings (SSSR count). The van der Waals surface area contributed by atoms with Gasteiger partial charge in [0.25, 0.3) is 0 Å². The van der Waals surface area contributed by atoms with E-state index in [4.69, 9.17) is 0 Å². The molecule has 1 aromatic carbocycles. The minimum absolute atomic E-state index is 0.379. The molecule has 0 fully saturated rings. The summed E-state index contributed by atoms with van der Waals surface area (Å²) in [5, 5.41) is 9.64. The molecule has 1 aliphatic rings. The molecule has 0 radical (unpaired) electrons. The Morgan fingerprint density at radius 2 is 2.00 bits per heavy atom. The van der Waals surface area contributed by atoms with E-state index in [2.05, 4.69) is 18.2 Å². The highest BCUT2D eigenvalue weighted by Gasteiger charge is 2.01. The van der Waals surface area contributed by atoms with Crippen molar-refractivity contribution in [3.05, 3.63) is 65.8 Å². The van der Waals surface area contributed by atoms with Gasteiger partial charge in [-0.05, 0) is 23.6 Å². The number of phenolic OH excluding ortho intramolecular Hbond substituents is 1. The maximum absolute atomic E-state index is 9.64. The van der Waals surface area contributed by atoms with Gasteiger partial charge in [0, 0.05) is 6.42 Å². The number of aromatic hydroxyl groups is 1. The second-order valence-electron chi connectivity index (χ2n) is 3.61. The lowest BCUT2D eigenvalue weighted by Gasteiger charge is -2.04. The summed E-state index contributed by atoms with van der Waals surface area (Å²) in [6.45, 7) is 0. The first-order valence-electron chi connectivity index (χ1n) is 5.15. The normalized spacial score (nSPS) is 14.8. The lowest BCUT2D eigenvalue weighted by atomic mass is 10.0. The Labute approximate surface area is 90.1 Å². The molecule has 0 aliphatic heterocycles. The summed E-state index contributed by atoms with van der Waals surface area (Å²) in [6.07, 6.45) is 12.3. The first-order valence-corrected chi connectivity index (χ1v) is 5.15. The fourth-order valence-electron chi connectivity index (χ4n) is 1.64. The Kier molecular flexibility index (Phi) is 3.03. The zero-order valence-electron chi connectivity index (χ0n) is 8.56. The van der Waals surface area contributed by atoms with E-state index in [9.17, 15) is 5.11 Å². The minimum Gasteiger partial charge on any atom is -0.508 e. The molecule has 0 amide bonds. The van der Waals surface area contributed by atoms with Gasteiger partial charge in [0.1, 0.15) is 5.75 Å². The highest BCUT2D eigenvalue weighted by Crippen LogP contribution is 2.20. The molecule has 1 heteroatoms. The molecule has 76 valence electrons. The van der Waals surface area contributed by atoms with Crippen LogP contribution in [-0.2, 0) is 6.42 Å². The maximum Gasteiger partial charge on any atom is 0.119 e. The lowest BCUT2D eigenvalue weighted by Crippen LogP contribution is -1.88. The fourth-order valence-corrected chi connectivity index (χ4v) is 1.64. The molecular weight excluding hydrogens is 184 g/mol. The van der Waals surface area contributed by atoms with Crippen LogP contribution in [0.2, 0.25) is 0 Å². The maximum atomic E-state index is 9.64. The van der Waals surface area contributed by atoms with Crippen molar-refractivity contribution in [3.8, 4) is 5.75 Å². The van der Waals surface area contributed by atoms with Gasteiger partial charge < -0.3 is 5.11 Å². The SMILES string of the molecule is Oc1ccccc1CC1=CCC=CC=C1. The van der Waals surface area contributed by atoms with E-state index in [1.165, 1.54) is 5.57 Å². The third-order valence-electron chi connectivity index (χ3n) is 2.46. The summed E-state index contributed by atoms with van der Waals surface area (Å²) in [5.74, 6) is 0.379. The van der Waals surface area contributed by atoms with E-state index in [0.29, 0.717) is 5.75 Å². The zero-order chi connectivity index (χ0) is 10.5. The first kappa shape index (κ1) is 9.78. The van der Waals surface area contributed by atoms with Crippen LogP contribution in [0.25, 0.3) is 0 Å². The molecule has 1 nitrogen and oxygen atoms in total. The largest absolute Gasteiger partial charge is 0.508 e. The van der Waals surface area contributed by atoms with Crippen LogP contribution in [0.1, 0.15) is 12.0 Å². The first-order chi connectivity index (χ1) is 7.36. The summed E-state index contributed by atoms with van der Waals surface area (Å²) in [5.41, 5.74) is 2.23.